The fourth-order valence-corrected chi connectivity index (χ4v) is 3.79. The Morgan fingerprint density at radius 3 is 2.09 bits per heavy atom. The van der Waals surface area contributed by atoms with Crippen molar-refractivity contribution in [3.8, 4) is 17.2 Å². The number of carbonyl (C=O) groups is 2. The average molecular weight is 458 g/mol. The lowest BCUT2D eigenvalue weighted by molar-refractivity contribution is -0.140. The molecule has 0 aliphatic carbocycles. The third-order valence-electron chi connectivity index (χ3n) is 5.45. The topological polar surface area (TPSA) is 88.5 Å². The van der Waals surface area contributed by atoms with Crippen molar-refractivity contribution in [1.82, 2.24) is 9.80 Å². The normalized spacial score (nSPS) is 17.5. The van der Waals surface area contributed by atoms with Gasteiger partial charge in [-0.3, -0.25) is 9.59 Å². The number of hydrogen-bond donors (Lipinski definition) is 1. The quantitative estimate of drug-likeness (QED) is 0.370. The Bertz CT molecular complexity index is 1060. The van der Waals surface area contributed by atoms with E-state index < -0.39 is 23.5 Å². The van der Waals surface area contributed by atoms with E-state index in [4.69, 9.17) is 14.2 Å². The maximum absolute atomic E-state index is 13.4. The van der Waals surface area contributed by atoms with Gasteiger partial charge < -0.3 is 29.1 Å². The minimum Gasteiger partial charge on any atom is -0.507 e. The number of methoxy groups -OCH3 is 3. The molecule has 176 valence electrons. The monoisotopic (exact) mass is 458 g/mol. The van der Waals surface area contributed by atoms with Crippen LogP contribution in [0, 0.1) is 5.82 Å². The van der Waals surface area contributed by atoms with Gasteiger partial charge in [-0.15, -0.1) is 0 Å². The van der Waals surface area contributed by atoms with Gasteiger partial charge in [-0.2, -0.15) is 0 Å². The number of carbonyl (C=O) groups excluding carboxylic acids is 2. The molecule has 33 heavy (non-hydrogen) atoms. The number of halogens is 1. The Labute approximate surface area is 191 Å². The molecule has 2 aromatic carbocycles. The van der Waals surface area contributed by atoms with Crippen molar-refractivity contribution in [3.63, 3.8) is 0 Å². The van der Waals surface area contributed by atoms with E-state index in [1.807, 2.05) is 19.0 Å². The Morgan fingerprint density at radius 2 is 1.61 bits per heavy atom. The summed E-state index contributed by atoms with van der Waals surface area (Å²) in [6.45, 7) is 0.726. The first kappa shape index (κ1) is 24.1. The van der Waals surface area contributed by atoms with Crippen LogP contribution in [-0.4, -0.2) is 75.1 Å². The standard InChI is InChI=1S/C24H27FN2O6/c1-26(2)10-11-27-20(15-12-17(31-3)23(33-5)18(13-15)32-4)19(22(29)24(27)30)21(28)14-6-8-16(25)9-7-14/h6-9,12-13,20,28H,10-11H2,1-5H3. The Kier molecular flexibility index (Phi) is 7.23. The van der Waals surface area contributed by atoms with E-state index in [-0.39, 0.29) is 23.4 Å². The van der Waals surface area contributed by atoms with Crippen LogP contribution in [0.15, 0.2) is 42.0 Å². The molecule has 0 aromatic heterocycles. The largest absolute Gasteiger partial charge is 0.507 e. The highest BCUT2D eigenvalue weighted by Gasteiger charge is 2.46. The molecule has 1 aliphatic heterocycles. The zero-order chi connectivity index (χ0) is 24.3. The predicted octanol–water partition coefficient (Wildman–Crippen LogP) is 2.83. The number of ether oxygens (including phenoxy) is 3. The molecule has 0 bridgehead atoms. The summed E-state index contributed by atoms with van der Waals surface area (Å²) >= 11 is 0. The van der Waals surface area contributed by atoms with Crippen LogP contribution in [-0.2, 0) is 9.59 Å². The van der Waals surface area contributed by atoms with E-state index in [1.54, 1.807) is 12.1 Å². The van der Waals surface area contributed by atoms with Crippen molar-refractivity contribution in [3.05, 3.63) is 58.9 Å². The van der Waals surface area contributed by atoms with Crippen molar-refractivity contribution in [2.75, 3.05) is 48.5 Å². The minimum atomic E-state index is -0.913. The highest BCUT2D eigenvalue weighted by Crippen LogP contribution is 2.45. The maximum atomic E-state index is 13.4. The second kappa shape index (κ2) is 9.91. The summed E-state index contributed by atoms with van der Waals surface area (Å²) in [6.07, 6.45) is 0. The highest BCUT2D eigenvalue weighted by molar-refractivity contribution is 6.46. The van der Waals surface area contributed by atoms with Gasteiger partial charge in [-0.05, 0) is 56.1 Å². The molecule has 0 radical (unpaired) electrons. The number of likely N-dealkylation sites (tertiary alicyclic amines) is 1. The van der Waals surface area contributed by atoms with E-state index in [2.05, 4.69) is 0 Å². The fourth-order valence-electron chi connectivity index (χ4n) is 3.79. The van der Waals surface area contributed by atoms with Crippen molar-refractivity contribution < 1.29 is 33.3 Å². The first-order valence-corrected chi connectivity index (χ1v) is 10.2. The number of amides is 1. The fraction of sp³-hybridized carbons (Fsp3) is 0.333. The Morgan fingerprint density at radius 1 is 1.03 bits per heavy atom. The molecule has 8 nitrogen and oxygen atoms in total. The summed E-state index contributed by atoms with van der Waals surface area (Å²) < 4.78 is 29.7. The number of ketones is 1. The number of benzene rings is 2. The molecular formula is C24H27FN2O6. The van der Waals surface area contributed by atoms with Crippen LogP contribution in [0.5, 0.6) is 17.2 Å². The highest BCUT2D eigenvalue weighted by atomic mass is 19.1. The van der Waals surface area contributed by atoms with Crippen LogP contribution < -0.4 is 14.2 Å². The number of hydrogen-bond acceptors (Lipinski definition) is 7. The van der Waals surface area contributed by atoms with Gasteiger partial charge >= 0.3 is 0 Å². The second-order valence-corrected chi connectivity index (χ2v) is 7.76. The molecule has 1 amide bonds. The van der Waals surface area contributed by atoms with Crippen molar-refractivity contribution in [1.29, 1.82) is 0 Å². The van der Waals surface area contributed by atoms with Gasteiger partial charge in [0, 0.05) is 18.7 Å². The van der Waals surface area contributed by atoms with Gasteiger partial charge in [0.2, 0.25) is 5.75 Å². The molecule has 0 saturated carbocycles. The lowest BCUT2D eigenvalue weighted by Gasteiger charge is -2.27. The molecule has 9 heteroatoms. The smallest absolute Gasteiger partial charge is 0.295 e. The summed E-state index contributed by atoms with van der Waals surface area (Å²) in [5.74, 6) is -1.40. The number of aliphatic hydroxyl groups is 1. The second-order valence-electron chi connectivity index (χ2n) is 7.76. The van der Waals surface area contributed by atoms with E-state index >= 15 is 0 Å². The number of rotatable bonds is 8. The summed E-state index contributed by atoms with van der Waals surface area (Å²) in [4.78, 5) is 29.4. The van der Waals surface area contributed by atoms with E-state index in [1.165, 1.54) is 50.5 Å². The third-order valence-corrected chi connectivity index (χ3v) is 5.45. The maximum Gasteiger partial charge on any atom is 0.295 e. The average Bonchev–Trinajstić information content (AvgIpc) is 3.06. The molecule has 3 rings (SSSR count). The summed E-state index contributed by atoms with van der Waals surface area (Å²) in [6, 6.07) is 7.41. The van der Waals surface area contributed by atoms with E-state index in [9.17, 15) is 19.1 Å². The van der Waals surface area contributed by atoms with Crippen LogP contribution in [0.25, 0.3) is 5.76 Å². The summed E-state index contributed by atoms with van der Waals surface area (Å²) in [5.41, 5.74) is 0.616. The molecule has 1 N–H and O–H groups in total. The number of aliphatic hydroxyl groups excluding tert-OH is 1. The molecule has 1 heterocycles. The first-order valence-electron chi connectivity index (χ1n) is 10.2. The summed E-state index contributed by atoms with van der Waals surface area (Å²) in [5, 5.41) is 11.0. The van der Waals surface area contributed by atoms with Gasteiger partial charge in [-0.1, -0.05) is 0 Å². The van der Waals surface area contributed by atoms with Crippen LogP contribution in [0.1, 0.15) is 17.2 Å². The van der Waals surface area contributed by atoms with Crippen molar-refractivity contribution in [2.45, 2.75) is 6.04 Å². The number of Topliss-reactive ketones (excluding diaryl/α,β-unsaturated/α-hetero) is 1. The van der Waals surface area contributed by atoms with Gasteiger partial charge in [0.1, 0.15) is 11.6 Å². The SMILES string of the molecule is COc1cc(C2C(=C(O)c3ccc(F)cc3)C(=O)C(=O)N2CCN(C)C)cc(OC)c1OC. The van der Waals surface area contributed by atoms with Gasteiger partial charge in [0.05, 0.1) is 32.9 Å². The molecule has 2 aromatic rings. The molecule has 1 atom stereocenters. The molecule has 1 unspecified atom stereocenters. The minimum absolute atomic E-state index is 0.0976. The lowest BCUT2D eigenvalue weighted by Crippen LogP contribution is -2.35. The van der Waals surface area contributed by atoms with Crippen molar-refractivity contribution >= 4 is 17.4 Å². The zero-order valence-corrected chi connectivity index (χ0v) is 19.2. The van der Waals surface area contributed by atoms with Crippen LogP contribution in [0.3, 0.4) is 0 Å². The molecular weight excluding hydrogens is 431 g/mol. The molecule has 1 aliphatic rings. The Balaban J connectivity index is 2.25. The number of likely N-dealkylation sites (N-methyl/N-ethyl adjacent to an activating group) is 1. The van der Waals surface area contributed by atoms with Crippen LogP contribution in [0.2, 0.25) is 0 Å². The van der Waals surface area contributed by atoms with E-state index in [0.717, 1.165) is 0 Å². The van der Waals surface area contributed by atoms with E-state index in [0.29, 0.717) is 29.4 Å². The molecule has 0 spiro atoms. The third kappa shape index (κ3) is 4.63. The van der Waals surface area contributed by atoms with Gasteiger partial charge in [-0.25, -0.2) is 4.39 Å². The Hall–Kier alpha value is -3.59. The zero-order valence-electron chi connectivity index (χ0n) is 19.2. The first-order chi connectivity index (χ1) is 15.7. The lowest BCUT2D eigenvalue weighted by atomic mass is 9.94. The molecule has 1 saturated heterocycles. The summed E-state index contributed by atoms with van der Waals surface area (Å²) in [7, 11) is 8.09. The van der Waals surface area contributed by atoms with Gasteiger partial charge in [0.25, 0.3) is 11.7 Å². The number of nitrogens with zero attached hydrogens (tertiary/aromatic N) is 2. The van der Waals surface area contributed by atoms with Crippen LogP contribution >= 0.6 is 0 Å². The molecule has 1 fully saturated rings. The van der Waals surface area contributed by atoms with Gasteiger partial charge in [0.15, 0.2) is 11.5 Å². The van der Waals surface area contributed by atoms with Crippen LogP contribution in [0.4, 0.5) is 4.39 Å². The van der Waals surface area contributed by atoms with Crippen molar-refractivity contribution in [2.24, 2.45) is 0 Å². The predicted molar refractivity (Wildman–Crippen MR) is 120 cm³/mol.